The first kappa shape index (κ1) is 29.1. The van der Waals surface area contributed by atoms with Crippen LogP contribution in [0.2, 0.25) is 0 Å². The van der Waals surface area contributed by atoms with Crippen LogP contribution in [0.1, 0.15) is 21.5 Å². The van der Waals surface area contributed by atoms with Gasteiger partial charge in [0.1, 0.15) is 22.5 Å². The Morgan fingerprint density at radius 1 is 1.10 bits per heavy atom. The van der Waals surface area contributed by atoms with E-state index in [0.717, 1.165) is 45.4 Å². The lowest BCUT2D eigenvalue weighted by atomic mass is 10.1. The molecule has 0 saturated carbocycles. The number of nitrogens with zero attached hydrogens (tertiary/aromatic N) is 2. The van der Waals surface area contributed by atoms with Crippen LogP contribution >= 0.6 is 11.3 Å². The number of carbonyl (C=O) groups excluding carboxylic acids is 2. The van der Waals surface area contributed by atoms with Crippen molar-refractivity contribution in [3.63, 3.8) is 0 Å². The van der Waals surface area contributed by atoms with E-state index in [2.05, 4.69) is 5.48 Å². The number of anilines is 2. The van der Waals surface area contributed by atoms with E-state index < -0.39 is 42.3 Å². The van der Waals surface area contributed by atoms with Gasteiger partial charge in [0.15, 0.2) is 12.2 Å². The first-order chi connectivity index (χ1) is 18.6. The summed E-state index contributed by atoms with van der Waals surface area (Å²) in [6, 6.07) is 9.26. The minimum absolute atomic E-state index is 0.0304. The zero-order valence-corrected chi connectivity index (χ0v) is 21.8. The maximum atomic E-state index is 14.7. The van der Waals surface area contributed by atoms with Crippen molar-refractivity contribution in [2.45, 2.75) is 13.2 Å². The number of hydrogen-bond donors (Lipinski definition) is 5. The molecule has 10 nitrogen and oxygen atoms in total. The fourth-order valence-electron chi connectivity index (χ4n) is 3.63. The number of carbonyl (C=O) groups is 2. The van der Waals surface area contributed by atoms with Gasteiger partial charge in [0.2, 0.25) is 0 Å². The highest BCUT2D eigenvalue weighted by Gasteiger charge is 2.30. The number of hydrogen-bond acceptors (Lipinski definition) is 9. The average Bonchev–Trinajstić information content (AvgIpc) is 3.29. The van der Waals surface area contributed by atoms with Crippen LogP contribution < -0.4 is 21.8 Å². The predicted molar refractivity (Wildman–Crippen MR) is 145 cm³/mol. The summed E-state index contributed by atoms with van der Waals surface area (Å²) < 4.78 is 29.3. The monoisotopic (exact) mass is 559 g/mol. The Kier molecular flexibility index (Phi) is 9.60. The number of aliphatic hydroxyl groups is 2. The van der Waals surface area contributed by atoms with Gasteiger partial charge in [-0.05, 0) is 35.9 Å². The number of allylic oxidation sites excluding steroid dienone is 2. The van der Waals surface area contributed by atoms with Crippen molar-refractivity contribution in [3.05, 3.63) is 94.6 Å². The molecule has 0 saturated heterocycles. The summed E-state index contributed by atoms with van der Waals surface area (Å²) >= 11 is 0.981. The number of urea groups is 1. The highest BCUT2D eigenvalue weighted by atomic mass is 32.1. The quantitative estimate of drug-likeness (QED) is 0.107. The van der Waals surface area contributed by atoms with Gasteiger partial charge in [0.25, 0.3) is 0 Å². The van der Waals surface area contributed by atoms with Crippen LogP contribution in [0.15, 0.2) is 66.3 Å². The lowest BCUT2D eigenvalue weighted by Crippen LogP contribution is -2.42. The van der Waals surface area contributed by atoms with E-state index in [1.807, 2.05) is 0 Å². The van der Waals surface area contributed by atoms with Crippen LogP contribution in [0, 0.1) is 11.6 Å². The largest absolute Gasteiger partial charge is 0.495 e. The van der Waals surface area contributed by atoms with E-state index in [9.17, 15) is 28.6 Å². The number of aldehydes is 1. The maximum Gasteiger partial charge on any atom is 0.330 e. The van der Waals surface area contributed by atoms with E-state index in [4.69, 9.17) is 16.3 Å². The van der Waals surface area contributed by atoms with Crippen molar-refractivity contribution >= 4 is 34.3 Å². The van der Waals surface area contributed by atoms with Gasteiger partial charge in [-0.3, -0.25) is 24.9 Å². The molecule has 7 N–H and O–H groups in total. The Bertz CT molecular complexity index is 1380. The second kappa shape index (κ2) is 12.9. The first-order valence-electron chi connectivity index (χ1n) is 11.3. The minimum Gasteiger partial charge on any atom is -0.495 e. The topological polar surface area (TPSA) is 154 Å². The number of nitrogens with two attached hydrogens (primary N) is 2. The van der Waals surface area contributed by atoms with Crippen molar-refractivity contribution in [1.82, 2.24) is 4.90 Å². The van der Waals surface area contributed by atoms with Crippen LogP contribution in [-0.2, 0) is 18.0 Å². The van der Waals surface area contributed by atoms with Crippen molar-refractivity contribution in [2.75, 3.05) is 24.5 Å². The van der Waals surface area contributed by atoms with Gasteiger partial charge in [-0.25, -0.2) is 13.6 Å². The van der Waals surface area contributed by atoms with Gasteiger partial charge in [-0.15, -0.1) is 11.3 Å². The molecule has 3 aromatic rings. The van der Waals surface area contributed by atoms with Crippen molar-refractivity contribution in [3.8, 4) is 10.4 Å². The molecule has 0 radical (unpaired) electrons. The lowest BCUT2D eigenvalue weighted by Gasteiger charge is -2.28. The molecule has 0 unspecified atom stereocenters. The van der Waals surface area contributed by atoms with Crippen molar-refractivity contribution in [2.24, 2.45) is 11.5 Å². The number of benzene rings is 2. The summed E-state index contributed by atoms with van der Waals surface area (Å²) in [7, 11) is 2.75. The summed E-state index contributed by atoms with van der Waals surface area (Å²) in [6.45, 7) is -1.15. The second-order valence-corrected chi connectivity index (χ2v) is 9.10. The van der Waals surface area contributed by atoms with E-state index in [1.54, 1.807) is 24.3 Å². The van der Waals surface area contributed by atoms with Gasteiger partial charge in [-0.2, -0.15) is 0 Å². The molecule has 2 amide bonds. The SMILES string of the molecule is CONc1ccc(-c2sc(N(Cc3c(F)cccc3F)C(=O)N(C)/C(N)=C/C=C(\N)O)c(C=O)c2CO)cc1. The molecule has 1 heterocycles. The molecule has 0 spiro atoms. The van der Waals surface area contributed by atoms with Crippen LogP contribution in [0.5, 0.6) is 0 Å². The highest BCUT2D eigenvalue weighted by Crippen LogP contribution is 2.43. The van der Waals surface area contributed by atoms with Gasteiger partial charge in [0.05, 0.1) is 31.5 Å². The third-order valence-electron chi connectivity index (χ3n) is 5.62. The van der Waals surface area contributed by atoms with Gasteiger partial charge in [0, 0.05) is 29.1 Å². The normalized spacial score (nSPS) is 11.8. The third kappa shape index (κ3) is 6.52. The molecule has 2 aromatic carbocycles. The van der Waals surface area contributed by atoms with Gasteiger partial charge >= 0.3 is 6.03 Å². The average molecular weight is 560 g/mol. The fourth-order valence-corrected chi connectivity index (χ4v) is 4.91. The minimum atomic E-state index is -0.900. The lowest BCUT2D eigenvalue weighted by molar-refractivity contribution is 0.112. The Balaban J connectivity index is 2.19. The standard InChI is InChI=1S/C26H27F2N5O5S/c1-32(22(29)10-11-23(30)36)26(37)33(12-17-20(27)4-3-5-21(17)28)25-19(14-35)18(13-34)24(39-25)15-6-8-16(9-7-15)31-38-2/h3-11,14,31,34,36H,12-13,29-30H2,1-2H3/b22-10+,23-11+. The molecule has 0 fully saturated rings. The highest BCUT2D eigenvalue weighted by molar-refractivity contribution is 7.20. The molecule has 0 aliphatic carbocycles. The molecule has 0 atom stereocenters. The number of amides is 2. The maximum absolute atomic E-state index is 14.7. The molecule has 206 valence electrons. The summed E-state index contributed by atoms with van der Waals surface area (Å²) in [6.07, 6.45) is 2.67. The van der Waals surface area contributed by atoms with Crippen molar-refractivity contribution < 1.29 is 33.4 Å². The molecule has 0 aliphatic heterocycles. The first-order valence-corrected chi connectivity index (χ1v) is 12.2. The van der Waals surface area contributed by atoms with Crippen LogP contribution in [0.3, 0.4) is 0 Å². The van der Waals surface area contributed by atoms with Gasteiger partial charge < -0.3 is 21.7 Å². The fraction of sp³-hybridized carbons (Fsp3) is 0.154. The van der Waals surface area contributed by atoms with Crippen molar-refractivity contribution in [1.29, 1.82) is 0 Å². The number of rotatable bonds is 10. The van der Waals surface area contributed by atoms with Crippen LogP contribution in [0.25, 0.3) is 10.4 Å². The summed E-state index contributed by atoms with van der Waals surface area (Å²) in [5.41, 5.74) is 14.9. The number of halogens is 2. The molecular weight excluding hydrogens is 532 g/mol. The van der Waals surface area contributed by atoms with E-state index in [1.165, 1.54) is 20.2 Å². The number of thiophene rings is 1. The summed E-state index contributed by atoms with van der Waals surface area (Å²) in [5, 5.41) is 19.4. The zero-order chi connectivity index (χ0) is 28.7. The molecule has 39 heavy (non-hydrogen) atoms. The molecule has 1 aromatic heterocycles. The second-order valence-electron chi connectivity index (χ2n) is 8.10. The van der Waals surface area contributed by atoms with Crippen LogP contribution in [0.4, 0.5) is 24.3 Å². The van der Waals surface area contributed by atoms with Crippen LogP contribution in [-0.4, -0.2) is 41.6 Å². The smallest absolute Gasteiger partial charge is 0.330 e. The molecule has 13 heteroatoms. The predicted octanol–water partition coefficient (Wildman–Crippen LogP) is 4.19. The summed E-state index contributed by atoms with van der Waals surface area (Å²) in [4.78, 5) is 33.2. The Morgan fingerprint density at radius 2 is 1.74 bits per heavy atom. The van der Waals surface area contributed by atoms with E-state index in [0.29, 0.717) is 22.4 Å². The van der Waals surface area contributed by atoms with E-state index >= 15 is 0 Å². The molecular formula is C26H27F2N5O5S. The Hall–Kier alpha value is -4.46. The molecule has 3 rings (SSSR count). The number of nitrogens with one attached hydrogen (secondary N) is 1. The Morgan fingerprint density at radius 3 is 2.28 bits per heavy atom. The summed E-state index contributed by atoms with van der Waals surface area (Å²) in [5.74, 6) is -2.52. The van der Waals surface area contributed by atoms with E-state index in [-0.39, 0.29) is 21.9 Å². The van der Waals surface area contributed by atoms with Gasteiger partial charge in [-0.1, -0.05) is 18.2 Å². The Labute approximate surface area is 227 Å². The number of aliphatic hydroxyl groups excluding tert-OH is 2. The molecule has 0 bridgehead atoms. The zero-order valence-electron chi connectivity index (χ0n) is 21.0. The molecule has 0 aliphatic rings. The third-order valence-corrected chi connectivity index (χ3v) is 6.94.